The Labute approximate surface area is 170 Å². The minimum absolute atomic E-state index is 0.0847. The maximum atomic E-state index is 12.9. The summed E-state index contributed by atoms with van der Waals surface area (Å²) in [5.41, 5.74) is 2.81. The molecule has 1 heterocycles. The summed E-state index contributed by atoms with van der Waals surface area (Å²) in [4.78, 5) is 48.5. The third-order valence-corrected chi connectivity index (χ3v) is 4.65. The number of hydrazine groups is 1. The second-order valence-corrected chi connectivity index (χ2v) is 6.77. The predicted octanol–water partition coefficient (Wildman–Crippen LogP) is 2.40. The molecule has 1 N–H and O–H groups in total. The van der Waals surface area contributed by atoms with E-state index in [2.05, 4.69) is 5.43 Å². The number of benzene rings is 2. The quantitative estimate of drug-likeness (QED) is 0.574. The summed E-state index contributed by atoms with van der Waals surface area (Å²) in [5, 5.41) is 1.26. The topological polar surface area (TPSA) is 92.8 Å². The molecule has 0 spiro atoms. The largest absolute Gasteiger partial charge is 0.457 e. The Morgan fingerprint density at radius 3 is 2.52 bits per heavy atom. The fraction of sp³-hybridized carbons (Fsp3) is 0.200. The first kappa shape index (κ1) is 20.5. The molecule has 9 heteroatoms. The number of nitrogens with zero attached hydrogens (tertiary/aromatic N) is 1. The maximum absolute atomic E-state index is 12.9. The van der Waals surface area contributed by atoms with Gasteiger partial charge >= 0.3 is 5.97 Å². The zero-order valence-electron chi connectivity index (χ0n) is 15.1. The third-order valence-electron chi connectivity index (χ3n) is 4.33. The lowest BCUT2D eigenvalue weighted by Crippen LogP contribution is -2.43. The second kappa shape index (κ2) is 8.83. The van der Waals surface area contributed by atoms with Gasteiger partial charge in [0.25, 0.3) is 5.91 Å². The number of amides is 2. The minimum Gasteiger partial charge on any atom is -0.457 e. The highest BCUT2D eigenvalue weighted by Crippen LogP contribution is 2.19. The number of rotatable bonds is 6. The van der Waals surface area contributed by atoms with Gasteiger partial charge in [0.1, 0.15) is 5.82 Å². The van der Waals surface area contributed by atoms with E-state index in [4.69, 9.17) is 16.3 Å². The molecule has 0 bridgehead atoms. The standard InChI is InChI=1S/C20H16ClFN2O5/c21-16-4-2-1-3-15(16)19(27)23-24-10-13(9-18(24)26)20(28)29-11-17(25)12-5-7-14(22)8-6-12/h1-8,13H,9-11H2,(H,23,27). The molecule has 150 valence electrons. The van der Waals surface area contributed by atoms with Crippen molar-refractivity contribution in [2.24, 2.45) is 5.92 Å². The zero-order chi connectivity index (χ0) is 21.0. The van der Waals surface area contributed by atoms with E-state index < -0.39 is 41.9 Å². The van der Waals surface area contributed by atoms with E-state index in [0.29, 0.717) is 0 Å². The van der Waals surface area contributed by atoms with Crippen molar-refractivity contribution in [2.75, 3.05) is 13.2 Å². The van der Waals surface area contributed by atoms with Crippen molar-refractivity contribution >= 4 is 35.2 Å². The molecule has 7 nitrogen and oxygen atoms in total. The number of nitrogens with one attached hydrogen (secondary N) is 1. The van der Waals surface area contributed by atoms with Crippen molar-refractivity contribution in [1.29, 1.82) is 0 Å². The van der Waals surface area contributed by atoms with Crippen LogP contribution in [-0.2, 0) is 14.3 Å². The molecule has 1 atom stereocenters. The van der Waals surface area contributed by atoms with Crippen LogP contribution in [0.1, 0.15) is 27.1 Å². The summed E-state index contributed by atoms with van der Waals surface area (Å²) in [6.07, 6.45) is -0.160. The lowest BCUT2D eigenvalue weighted by Gasteiger charge is -2.18. The van der Waals surface area contributed by atoms with Crippen LogP contribution in [-0.4, -0.2) is 41.7 Å². The normalized spacial score (nSPS) is 15.9. The molecule has 1 aliphatic heterocycles. The first-order valence-corrected chi connectivity index (χ1v) is 9.04. The summed E-state index contributed by atoms with van der Waals surface area (Å²) in [5.74, 6) is -3.58. The van der Waals surface area contributed by atoms with Crippen LogP contribution in [0.2, 0.25) is 5.02 Å². The van der Waals surface area contributed by atoms with Gasteiger partial charge in [0.05, 0.1) is 23.0 Å². The van der Waals surface area contributed by atoms with Gasteiger partial charge in [0.15, 0.2) is 12.4 Å². The Bertz CT molecular complexity index is 964. The molecule has 1 fully saturated rings. The fourth-order valence-electron chi connectivity index (χ4n) is 2.78. The Morgan fingerprint density at radius 2 is 1.83 bits per heavy atom. The Balaban J connectivity index is 1.53. The van der Waals surface area contributed by atoms with Gasteiger partial charge in [0.2, 0.25) is 5.91 Å². The van der Waals surface area contributed by atoms with Crippen LogP contribution in [0.4, 0.5) is 4.39 Å². The number of carbonyl (C=O) groups is 4. The van der Waals surface area contributed by atoms with Gasteiger partial charge in [-0.1, -0.05) is 23.7 Å². The maximum Gasteiger partial charge on any atom is 0.311 e. The molecule has 29 heavy (non-hydrogen) atoms. The molecule has 0 aromatic heterocycles. The van der Waals surface area contributed by atoms with Gasteiger partial charge in [0, 0.05) is 12.0 Å². The predicted molar refractivity (Wildman–Crippen MR) is 100 cm³/mol. The van der Waals surface area contributed by atoms with Crippen molar-refractivity contribution in [3.8, 4) is 0 Å². The molecular formula is C20H16ClFN2O5. The van der Waals surface area contributed by atoms with E-state index in [9.17, 15) is 23.6 Å². The summed E-state index contributed by atoms with van der Waals surface area (Å²) >= 11 is 5.96. The summed E-state index contributed by atoms with van der Waals surface area (Å²) < 4.78 is 17.9. The lowest BCUT2D eigenvalue weighted by atomic mass is 10.1. The number of Topliss-reactive ketones (excluding diaryl/α,β-unsaturated/α-hetero) is 1. The highest BCUT2D eigenvalue weighted by atomic mass is 35.5. The third kappa shape index (κ3) is 4.97. The SMILES string of the molecule is O=C(COC(=O)C1CC(=O)N(NC(=O)c2ccccc2Cl)C1)c1ccc(F)cc1. The summed E-state index contributed by atoms with van der Waals surface area (Å²) in [6.45, 7) is -0.611. The van der Waals surface area contributed by atoms with Crippen LogP contribution >= 0.6 is 11.6 Å². The van der Waals surface area contributed by atoms with E-state index in [0.717, 1.165) is 17.1 Å². The highest BCUT2D eigenvalue weighted by molar-refractivity contribution is 6.33. The Hall–Kier alpha value is -3.26. The van der Waals surface area contributed by atoms with E-state index >= 15 is 0 Å². The molecular weight excluding hydrogens is 403 g/mol. The molecule has 2 aromatic carbocycles. The second-order valence-electron chi connectivity index (χ2n) is 6.36. The van der Waals surface area contributed by atoms with Crippen LogP contribution < -0.4 is 5.43 Å². The van der Waals surface area contributed by atoms with Crippen molar-refractivity contribution in [2.45, 2.75) is 6.42 Å². The van der Waals surface area contributed by atoms with Gasteiger partial charge in [-0.15, -0.1) is 0 Å². The number of halogens is 2. The molecule has 3 rings (SSSR count). The number of esters is 1. The molecule has 1 aliphatic rings. The highest BCUT2D eigenvalue weighted by Gasteiger charge is 2.37. The van der Waals surface area contributed by atoms with E-state index in [1.165, 1.54) is 18.2 Å². The van der Waals surface area contributed by atoms with E-state index in [1.54, 1.807) is 18.2 Å². The average Bonchev–Trinajstić information content (AvgIpc) is 3.07. The van der Waals surface area contributed by atoms with Crippen molar-refractivity contribution in [3.63, 3.8) is 0 Å². The van der Waals surface area contributed by atoms with Gasteiger partial charge in [-0.2, -0.15) is 0 Å². The molecule has 2 amide bonds. The van der Waals surface area contributed by atoms with Crippen LogP contribution in [0.3, 0.4) is 0 Å². The molecule has 2 aromatic rings. The first-order chi connectivity index (χ1) is 13.8. The number of ether oxygens (including phenoxy) is 1. The minimum atomic E-state index is -0.824. The molecule has 0 saturated carbocycles. The molecule has 0 aliphatic carbocycles. The van der Waals surface area contributed by atoms with Crippen LogP contribution in [0.25, 0.3) is 0 Å². The molecule has 1 saturated heterocycles. The smallest absolute Gasteiger partial charge is 0.311 e. The summed E-state index contributed by atoms with van der Waals surface area (Å²) in [6, 6.07) is 11.2. The van der Waals surface area contributed by atoms with Gasteiger partial charge in [-0.3, -0.25) is 29.6 Å². The van der Waals surface area contributed by atoms with E-state index in [-0.39, 0.29) is 29.1 Å². The summed E-state index contributed by atoms with van der Waals surface area (Å²) in [7, 11) is 0. The van der Waals surface area contributed by atoms with Crippen molar-refractivity contribution in [1.82, 2.24) is 10.4 Å². The van der Waals surface area contributed by atoms with Crippen molar-refractivity contribution < 1.29 is 28.3 Å². The zero-order valence-corrected chi connectivity index (χ0v) is 15.8. The molecule has 0 radical (unpaired) electrons. The van der Waals surface area contributed by atoms with Crippen LogP contribution in [0.5, 0.6) is 0 Å². The monoisotopic (exact) mass is 418 g/mol. The van der Waals surface area contributed by atoms with Gasteiger partial charge in [-0.05, 0) is 36.4 Å². The lowest BCUT2D eigenvalue weighted by molar-refractivity contribution is -0.147. The number of hydrogen-bond acceptors (Lipinski definition) is 5. The van der Waals surface area contributed by atoms with Crippen LogP contribution in [0, 0.1) is 11.7 Å². The van der Waals surface area contributed by atoms with Gasteiger partial charge < -0.3 is 4.74 Å². The van der Waals surface area contributed by atoms with Gasteiger partial charge in [-0.25, -0.2) is 4.39 Å². The average molecular weight is 419 g/mol. The number of ketones is 1. The number of carbonyl (C=O) groups excluding carboxylic acids is 4. The first-order valence-electron chi connectivity index (χ1n) is 8.66. The Morgan fingerprint density at radius 1 is 1.14 bits per heavy atom. The number of hydrogen-bond donors (Lipinski definition) is 1. The van der Waals surface area contributed by atoms with E-state index in [1.807, 2.05) is 0 Å². The fourth-order valence-corrected chi connectivity index (χ4v) is 3.00. The van der Waals surface area contributed by atoms with Crippen molar-refractivity contribution in [3.05, 3.63) is 70.5 Å². The van der Waals surface area contributed by atoms with Crippen LogP contribution in [0.15, 0.2) is 48.5 Å². The molecule has 1 unspecified atom stereocenters. The Kier molecular flexibility index (Phi) is 6.23.